The molecule has 7 heteroatoms. The normalized spacial score (nSPS) is 23.7. The van der Waals surface area contributed by atoms with Gasteiger partial charge < -0.3 is 10.2 Å². The van der Waals surface area contributed by atoms with E-state index in [9.17, 15) is 18.4 Å². The summed E-state index contributed by atoms with van der Waals surface area (Å²) in [4.78, 5) is 29.4. The predicted molar refractivity (Wildman–Crippen MR) is 103 cm³/mol. The van der Waals surface area contributed by atoms with Crippen LogP contribution in [0.3, 0.4) is 0 Å². The van der Waals surface area contributed by atoms with Gasteiger partial charge in [-0.3, -0.25) is 14.5 Å². The van der Waals surface area contributed by atoms with E-state index in [-0.39, 0.29) is 23.4 Å². The summed E-state index contributed by atoms with van der Waals surface area (Å²) in [5.74, 6) is -1.87. The minimum Gasteiger partial charge on any atom is -0.349 e. The van der Waals surface area contributed by atoms with Crippen molar-refractivity contribution in [2.75, 3.05) is 26.2 Å². The van der Waals surface area contributed by atoms with Crippen molar-refractivity contribution in [1.29, 1.82) is 0 Å². The minimum atomic E-state index is -0.859. The zero-order valence-corrected chi connectivity index (χ0v) is 16.6. The molecule has 2 amide bonds. The Kier molecular flexibility index (Phi) is 6.65. The highest BCUT2D eigenvalue weighted by atomic mass is 19.1. The van der Waals surface area contributed by atoms with Crippen LogP contribution in [0.1, 0.15) is 49.9 Å². The number of piperazine rings is 1. The summed E-state index contributed by atoms with van der Waals surface area (Å²) >= 11 is 0. The van der Waals surface area contributed by atoms with E-state index in [0.29, 0.717) is 24.9 Å². The van der Waals surface area contributed by atoms with Gasteiger partial charge >= 0.3 is 0 Å². The molecule has 0 spiro atoms. The van der Waals surface area contributed by atoms with E-state index >= 15 is 0 Å². The number of carbonyl (C=O) groups is 2. The van der Waals surface area contributed by atoms with Gasteiger partial charge in [0.1, 0.15) is 11.6 Å². The van der Waals surface area contributed by atoms with Crippen molar-refractivity contribution in [2.45, 2.75) is 51.6 Å². The SMILES string of the molecule is CC(C)N1CCN(C(=O)[C@H]2CC[C@H](NC(=O)c3ccc(F)cc3F)CC2)CC1. The van der Waals surface area contributed by atoms with Crippen molar-refractivity contribution in [1.82, 2.24) is 15.1 Å². The highest BCUT2D eigenvalue weighted by Crippen LogP contribution is 2.27. The Balaban J connectivity index is 1.46. The van der Waals surface area contributed by atoms with E-state index in [1.807, 2.05) is 4.90 Å². The van der Waals surface area contributed by atoms with Crippen molar-refractivity contribution in [3.05, 3.63) is 35.4 Å². The zero-order chi connectivity index (χ0) is 20.3. The largest absolute Gasteiger partial charge is 0.349 e. The summed E-state index contributed by atoms with van der Waals surface area (Å²) in [5, 5.41) is 2.82. The first-order chi connectivity index (χ1) is 13.3. The summed E-state index contributed by atoms with van der Waals surface area (Å²) < 4.78 is 26.7. The molecule has 5 nitrogen and oxygen atoms in total. The summed E-state index contributed by atoms with van der Waals surface area (Å²) in [6.07, 6.45) is 2.83. The Morgan fingerprint density at radius 1 is 1.04 bits per heavy atom. The van der Waals surface area contributed by atoms with Crippen LogP contribution in [0.15, 0.2) is 18.2 Å². The first-order valence-electron chi connectivity index (χ1n) is 10.1. The van der Waals surface area contributed by atoms with Crippen LogP contribution in [0.4, 0.5) is 8.78 Å². The Bertz CT molecular complexity index is 710. The molecule has 1 N–H and O–H groups in total. The van der Waals surface area contributed by atoms with E-state index in [1.54, 1.807) is 0 Å². The van der Waals surface area contributed by atoms with Crippen LogP contribution in [0, 0.1) is 17.6 Å². The van der Waals surface area contributed by atoms with Gasteiger partial charge in [-0.25, -0.2) is 8.78 Å². The molecule has 0 aromatic heterocycles. The number of hydrogen-bond acceptors (Lipinski definition) is 3. The van der Waals surface area contributed by atoms with E-state index in [0.717, 1.165) is 51.2 Å². The molecule has 1 aliphatic carbocycles. The number of halogens is 2. The number of rotatable bonds is 4. The number of hydrogen-bond donors (Lipinski definition) is 1. The molecular formula is C21H29F2N3O2. The molecule has 1 aromatic carbocycles. The highest BCUT2D eigenvalue weighted by molar-refractivity contribution is 5.94. The monoisotopic (exact) mass is 393 g/mol. The van der Waals surface area contributed by atoms with Gasteiger partial charge in [-0.05, 0) is 51.7 Å². The van der Waals surface area contributed by atoms with Gasteiger partial charge in [0.15, 0.2) is 0 Å². The molecule has 2 fully saturated rings. The maximum absolute atomic E-state index is 13.8. The summed E-state index contributed by atoms with van der Waals surface area (Å²) in [5.41, 5.74) is -0.150. The van der Waals surface area contributed by atoms with Crippen molar-refractivity contribution >= 4 is 11.8 Å². The molecule has 1 saturated carbocycles. The Morgan fingerprint density at radius 2 is 1.68 bits per heavy atom. The first kappa shape index (κ1) is 20.7. The quantitative estimate of drug-likeness (QED) is 0.856. The highest BCUT2D eigenvalue weighted by Gasteiger charge is 2.32. The lowest BCUT2D eigenvalue weighted by molar-refractivity contribution is -0.138. The van der Waals surface area contributed by atoms with Crippen LogP contribution in [0.5, 0.6) is 0 Å². The molecule has 1 heterocycles. The number of carbonyl (C=O) groups excluding carboxylic acids is 2. The second-order valence-corrected chi connectivity index (χ2v) is 8.10. The average molecular weight is 393 g/mol. The van der Waals surface area contributed by atoms with Crippen LogP contribution in [-0.4, -0.2) is 59.9 Å². The standard InChI is InChI=1S/C21H29F2N3O2/c1-14(2)25-9-11-26(12-10-25)21(28)15-3-6-17(7-4-15)24-20(27)18-8-5-16(22)13-19(18)23/h5,8,13-15,17H,3-4,6-7,9-12H2,1-2H3,(H,24,27)/t15-,17-. The lowest BCUT2D eigenvalue weighted by Crippen LogP contribution is -2.52. The van der Waals surface area contributed by atoms with Gasteiger partial charge in [0.2, 0.25) is 5.91 Å². The van der Waals surface area contributed by atoms with E-state index in [2.05, 4.69) is 24.1 Å². The molecule has 1 aromatic rings. The molecule has 0 unspecified atom stereocenters. The molecule has 0 atom stereocenters. The number of benzene rings is 1. The lowest BCUT2D eigenvalue weighted by Gasteiger charge is -2.39. The maximum atomic E-state index is 13.8. The van der Waals surface area contributed by atoms with Crippen LogP contribution in [0.25, 0.3) is 0 Å². The van der Waals surface area contributed by atoms with Gasteiger partial charge in [0.05, 0.1) is 5.56 Å². The maximum Gasteiger partial charge on any atom is 0.254 e. The zero-order valence-electron chi connectivity index (χ0n) is 16.6. The van der Waals surface area contributed by atoms with Crippen molar-refractivity contribution in [3.63, 3.8) is 0 Å². The third kappa shape index (κ3) is 4.87. The molecule has 1 saturated heterocycles. The van der Waals surface area contributed by atoms with Gasteiger partial charge in [-0.2, -0.15) is 0 Å². The lowest BCUT2D eigenvalue weighted by atomic mass is 9.85. The Hall–Kier alpha value is -2.02. The summed E-state index contributed by atoms with van der Waals surface area (Å²) in [7, 11) is 0. The van der Waals surface area contributed by atoms with Crippen molar-refractivity contribution < 1.29 is 18.4 Å². The summed E-state index contributed by atoms with van der Waals surface area (Å²) in [6, 6.07) is 3.36. The second-order valence-electron chi connectivity index (χ2n) is 8.10. The Morgan fingerprint density at radius 3 is 2.25 bits per heavy atom. The van der Waals surface area contributed by atoms with Gasteiger partial charge in [-0.15, -0.1) is 0 Å². The van der Waals surface area contributed by atoms with Crippen LogP contribution in [-0.2, 0) is 4.79 Å². The van der Waals surface area contributed by atoms with E-state index < -0.39 is 17.5 Å². The van der Waals surface area contributed by atoms with Gasteiger partial charge in [0, 0.05) is 50.2 Å². The molecule has 0 radical (unpaired) electrons. The first-order valence-corrected chi connectivity index (χ1v) is 10.1. The Labute approximate surface area is 165 Å². The number of nitrogens with one attached hydrogen (secondary N) is 1. The molecule has 28 heavy (non-hydrogen) atoms. The fourth-order valence-corrected chi connectivity index (χ4v) is 4.14. The molecule has 1 aliphatic heterocycles. The third-order valence-electron chi connectivity index (χ3n) is 5.94. The smallest absolute Gasteiger partial charge is 0.254 e. The fourth-order valence-electron chi connectivity index (χ4n) is 4.14. The van der Waals surface area contributed by atoms with E-state index in [4.69, 9.17) is 0 Å². The van der Waals surface area contributed by atoms with Crippen molar-refractivity contribution in [3.8, 4) is 0 Å². The number of amides is 2. The van der Waals surface area contributed by atoms with Crippen LogP contribution < -0.4 is 5.32 Å². The molecule has 0 bridgehead atoms. The van der Waals surface area contributed by atoms with Gasteiger partial charge in [-0.1, -0.05) is 0 Å². The average Bonchev–Trinajstić information content (AvgIpc) is 2.68. The predicted octanol–water partition coefficient (Wildman–Crippen LogP) is 2.81. The topological polar surface area (TPSA) is 52.6 Å². The van der Waals surface area contributed by atoms with Crippen LogP contribution >= 0.6 is 0 Å². The van der Waals surface area contributed by atoms with Crippen molar-refractivity contribution in [2.24, 2.45) is 5.92 Å². The molecule has 154 valence electrons. The van der Waals surface area contributed by atoms with E-state index in [1.165, 1.54) is 0 Å². The van der Waals surface area contributed by atoms with Gasteiger partial charge in [0.25, 0.3) is 5.91 Å². The number of nitrogens with zero attached hydrogens (tertiary/aromatic N) is 2. The minimum absolute atomic E-state index is 0.00121. The summed E-state index contributed by atoms with van der Waals surface area (Å²) in [6.45, 7) is 7.72. The molecule has 2 aliphatic rings. The molecule has 3 rings (SSSR count). The van der Waals surface area contributed by atoms with Crippen LogP contribution in [0.2, 0.25) is 0 Å². The fraction of sp³-hybridized carbons (Fsp3) is 0.619. The molecular weight excluding hydrogens is 364 g/mol. The third-order valence-corrected chi connectivity index (χ3v) is 5.94. The second kappa shape index (κ2) is 8.99.